The van der Waals surface area contributed by atoms with E-state index in [4.69, 9.17) is 9.47 Å². The molecule has 0 aromatic heterocycles. The highest BCUT2D eigenvalue weighted by atomic mass is 16.5. The van der Waals surface area contributed by atoms with E-state index in [0.717, 1.165) is 63.2 Å². The Kier molecular flexibility index (Phi) is 21.0. The third-order valence-corrected chi connectivity index (χ3v) is 6.21. The summed E-state index contributed by atoms with van der Waals surface area (Å²) in [5, 5.41) is 0. The summed E-state index contributed by atoms with van der Waals surface area (Å²) in [5.41, 5.74) is 0. The summed E-state index contributed by atoms with van der Waals surface area (Å²) in [7, 11) is 0. The van der Waals surface area contributed by atoms with Crippen LogP contribution in [0.5, 0.6) is 0 Å². The molecule has 0 aliphatic heterocycles. The van der Waals surface area contributed by atoms with Crippen LogP contribution in [0.1, 0.15) is 137 Å². The second kappa shape index (κ2) is 21.8. The Morgan fingerprint density at radius 2 is 1.03 bits per heavy atom. The summed E-state index contributed by atoms with van der Waals surface area (Å²) in [6.45, 7) is 12.3. The first kappa shape index (κ1) is 30.9. The molecule has 0 spiro atoms. The van der Waals surface area contributed by atoms with Gasteiger partial charge in [0.25, 0.3) is 0 Å². The van der Waals surface area contributed by atoms with E-state index >= 15 is 0 Å². The van der Waals surface area contributed by atoms with Gasteiger partial charge in [0.2, 0.25) is 0 Å². The number of carbonyl (C=O) groups excluding carboxylic acids is 2. The summed E-state index contributed by atoms with van der Waals surface area (Å²) in [6, 6.07) is 0. The number of unbranched alkanes of at least 4 members (excludes halogenated alkanes) is 6. The van der Waals surface area contributed by atoms with Crippen LogP contribution in [0.15, 0.2) is 0 Å². The number of carbonyl (C=O) groups is 2. The van der Waals surface area contributed by atoms with Gasteiger partial charge in [0.05, 0.1) is 13.2 Å². The molecule has 0 aliphatic carbocycles. The van der Waals surface area contributed by atoms with E-state index in [1.165, 1.54) is 38.5 Å². The molecule has 0 bridgehead atoms. The predicted molar refractivity (Wildman–Crippen MR) is 135 cm³/mol. The third kappa shape index (κ3) is 22.1. The standard InChI is InChI=1S/C28H54O4/c1-6-26(20-21-28(30)32-23-15-13-17-25(4)5)18-10-8-7-9-11-19-27(29)31-22-14-12-16-24(2)3/h24-26H,6-23H2,1-5H3. The van der Waals surface area contributed by atoms with Gasteiger partial charge in [-0.15, -0.1) is 0 Å². The van der Waals surface area contributed by atoms with Gasteiger partial charge in [0, 0.05) is 12.8 Å². The van der Waals surface area contributed by atoms with Crippen molar-refractivity contribution >= 4 is 11.9 Å². The van der Waals surface area contributed by atoms with Crippen molar-refractivity contribution in [2.75, 3.05) is 13.2 Å². The number of hydrogen-bond acceptors (Lipinski definition) is 4. The highest BCUT2D eigenvalue weighted by Crippen LogP contribution is 2.20. The van der Waals surface area contributed by atoms with Crippen LogP contribution >= 0.6 is 0 Å². The van der Waals surface area contributed by atoms with E-state index in [0.29, 0.717) is 32.0 Å². The van der Waals surface area contributed by atoms with Crippen molar-refractivity contribution in [2.24, 2.45) is 17.8 Å². The molecular formula is C28H54O4. The zero-order valence-corrected chi connectivity index (χ0v) is 22.1. The molecule has 0 aliphatic rings. The van der Waals surface area contributed by atoms with E-state index in [1.54, 1.807) is 0 Å². The van der Waals surface area contributed by atoms with Gasteiger partial charge in [-0.05, 0) is 56.3 Å². The molecule has 0 radical (unpaired) electrons. The summed E-state index contributed by atoms with van der Waals surface area (Å²) >= 11 is 0. The van der Waals surface area contributed by atoms with E-state index in [-0.39, 0.29) is 11.9 Å². The lowest BCUT2D eigenvalue weighted by atomic mass is 9.93. The van der Waals surface area contributed by atoms with Crippen LogP contribution in [-0.4, -0.2) is 25.2 Å². The monoisotopic (exact) mass is 454 g/mol. The molecular weight excluding hydrogens is 400 g/mol. The average molecular weight is 455 g/mol. The molecule has 0 fully saturated rings. The van der Waals surface area contributed by atoms with Gasteiger partial charge in [-0.25, -0.2) is 0 Å². The molecule has 32 heavy (non-hydrogen) atoms. The Hall–Kier alpha value is -1.06. The Balaban J connectivity index is 3.56. The van der Waals surface area contributed by atoms with Crippen LogP contribution in [0.2, 0.25) is 0 Å². The highest BCUT2D eigenvalue weighted by Gasteiger charge is 2.11. The maximum absolute atomic E-state index is 11.9. The Morgan fingerprint density at radius 1 is 0.562 bits per heavy atom. The summed E-state index contributed by atoms with van der Waals surface area (Å²) in [4.78, 5) is 23.7. The van der Waals surface area contributed by atoms with Gasteiger partial charge < -0.3 is 9.47 Å². The molecule has 1 atom stereocenters. The fourth-order valence-corrected chi connectivity index (χ4v) is 3.93. The number of hydrogen-bond donors (Lipinski definition) is 0. The lowest BCUT2D eigenvalue weighted by Gasteiger charge is -2.14. The molecule has 4 nitrogen and oxygen atoms in total. The molecule has 0 saturated heterocycles. The molecule has 0 saturated carbocycles. The van der Waals surface area contributed by atoms with Crippen LogP contribution < -0.4 is 0 Å². The summed E-state index contributed by atoms with van der Waals surface area (Å²) in [6.07, 6.45) is 16.7. The molecule has 190 valence electrons. The predicted octanol–water partition coefficient (Wildman–Crippen LogP) is 8.26. The molecule has 0 amide bonds. The van der Waals surface area contributed by atoms with Crippen molar-refractivity contribution in [1.82, 2.24) is 0 Å². The van der Waals surface area contributed by atoms with E-state index in [2.05, 4.69) is 34.6 Å². The molecule has 0 aromatic carbocycles. The van der Waals surface area contributed by atoms with Crippen molar-refractivity contribution in [2.45, 2.75) is 137 Å². The maximum atomic E-state index is 11.9. The van der Waals surface area contributed by atoms with Gasteiger partial charge >= 0.3 is 11.9 Å². The fraction of sp³-hybridized carbons (Fsp3) is 0.929. The molecule has 4 heteroatoms. The molecule has 0 N–H and O–H groups in total. The normalized spacial score (nSPS) is 12.3. The van der Waals surface area contributed by atoms with Crippen molar-refractivity contribution in [1.29, 1.82) is 0 Å². The Labute approximate surface area is 199 Å². The van der Waals surface area contributed by atoms with Crippen molar-refractivity contribution in [3.05, 3.63) is 0 Å². The van der Waals surface area contributed by atoms with Gasteiger partial charge in [-0.2, -0.15) is 0 Å². The van der Waals surface area contributed by atoms with E-state index < -0.39 is 0 Å². The number of ether oxygens (including phenoxy) is 2. The lowest BCUT2D eigenvalue weighted by molar-refractivity contribution is -0.145. The first-order chi connectivity index (χ1) is 15.3. The van der Waals surface area contributed by atoms with Crippen molar-refractivity contribution in [3.63, 3.8) is 0 Å². The molecule has 0 rings (SSSR count). The zero-order chi connectivity index (χ0) is 24.0. The maximum Gasteiger partial charge on any atom is 0.305 e. The second-order valence-corrected chi connectivity index (χ2v) is 10.3. The second-order valence-electron chi connectivity index (χ2n) is 10.3. The largest absolute Gasteiger partial charge is 0.466 e. The van der Waals surface area contributed by atoms with Crippen molar-refractivity contribution in [3.8, 4) is 0 Å². The quantitative estimate of drug-likeness (QED) is 0.122. The molecule has 1 unspecified atom stereocenters. The zero-order valence-electron chi connectivity index (χ0n) is 22.1. The van der Waals surface area contributed by atoms with Gasteiger partial charge in [-0.3, -0.25) is 9.59 Å². The minimum Gasteiger partial charge on any atom is -0.466 e. The first-order valence-electron chi connectivity index (χ1n) is 13.7. The fourth-order valence-electron chi connectivity index (χ4n) is 3.93. The average Bonchev–Trinajstić information content (AvgIpc) is 2.74. The summed E-state index contributed by atoms with van der Waals surface area (Å²) < 4.78 is 10.7. The smallest absolute Gasteiger partial charge is 0.305 e. The van der Waals surface area contributed by atoms with Gasteiger partial charge in [0.15, 0.2) is 0 Å². The Bertz CT molecular complexity index is 445. The van der Waals surface area contributed by atoms with Crippen LogP contribution in [0.3, 0.4) is 0 Å². The lowest BCUT2D eigenvalue weighted by Crippen LogP contribution is -2.09. The van der Waals surface area contributed by atoms with Crippen LogP contribution in [0, 0.1) is 17.8 Å². The SMILES string of the molecule is CCC(CCCCCCCC(=O)OCCCCC(C)C)CCC(=O)OCCCCC(C)C. The van der Waals surface area contributed by atoms with Gasteiger partial charge in [0.1, 0.15) is 0 Å². The summed E-state index contributed by atoms with van der Waals surface area (Å²) in [5.74, 6) is 2.01. The third-order valence-electron chi connectivity index (χ3n) is 6.21. The van der Waals surface area contributed by atoms with E-state index in [1.807, 2.05) is 0 Å². The highest BCUT2D eigenvalue weighted by molar-refractivity contribution is 5.69. The van der Waals surface area contributed by atoms with E-state index in [9.17, 15) is 9.59 Å². The van der Waals surface area contributed by atoms with Gasteiger partial charge in [-0.1, -0.05) is 86.0 Å². The minimum atomic E-state index is -0.0348. The van der Waals surface area contributed by atoms with Crippen LogP contribution in [0.4, 0.5) is 0 Å². The Morgan fingerprint density at radius 3 is 1.56 bits per heavy atom. The minimum absolute atomic E-state index is 0.0280. The molecule has 0 aromatic rings. The van der Waals surface area contributed by atoms with Crippen LogP contribution in [0.25, 0.3) is 0 Å². The topological polar surface area (TPSA) is 52.6 Å². The first-order valence-corrected chi connectivity index (χ1v) is 13.7. The van der Waals surface area contributed by atoms with Crippen molar-refractivity contribution < 1.29 is 19.1 Å². The molecule has 0 heterocycles. The number of rotatable bonds is 22. The van der Waals surface area contributed by atoms with Crippen LogP contribution in [-0.2, 0) is 19.1 Å². The number of esters is 2.